The zero-order valence-electron chi connectivity index (χ0n) is 7.31. The van der Waals surface area contributed by atoms with Crippen molar-refractivity contribution >= 4 is 21.8 Å². The first kappa shape index (κ1) is 8.78. The van der Waals surface area contributed by atoms with Crippen LogP contribution >= 0.6 is 15.9 Å². The smallest absolute Gasteiger partial charge is 0.339 e. The molecule has 1 aliphatic rings. The van der Waals surface area contributed by atoms with Crippen LogP contribution in [0, 0.1) is 0 Å². The van der Waals surface area contributed by atoms with Crippen molar-refractivity contribution in [2.45, 2.75) is 26.3 Å². The molecule has 0 fully saturated rings. The monoisotopic (exact) mass is 218 g/mol. The lowest BCUT2D eigenvalue weighted by molar-refractivity contribution is -0.557. The van der Waals surface area contributed by atoms with Crippen molar-refractivity contribution in [3.8, 4) is 0 Å². The van der Waals surface area contributed by atoms with Crippen LogP contribution in [-0.2, 0) is 4.74 Å². The number of ether oxygens (including phenoxy) is 1. The highest BCUT2D eigenvalue weighted by Crippen LogP contribution is 2.27. The molecular weight excluding hydrogens is 206 g/mol. The van der Waals surface area contributed by atoms with Gasteiger partial charge in [-0.1, -0.05) is 15.9 Å². The van der Waals surface area contributed by atoms with Crippen LogP contribution in [0.2, 0.25) is 0 Å². The van der Waals surface area contributed by atoms with Gasteiger partial charge in [-0.2, -0.15) is 4.58 Å². The molecule has 2 nitrogen and oxygen atoms in total. The van der Waals surface area contributed by atoms with E-state index in [4.69, 9.17) is 4.74 Å². The van der Waals surface area contributed by atoms with Gasteiger partial charge in [0.15, 0.2) is 5.76 Å². The van der Waals surface area contributed by atoms with Gasteiger partial charge >= 0.3 is 5.90 Å². The minimum Gasteiger partial charge on any atom is -0.405 e. The Kier molecular flexibility index (Phi) is 2.10. The minimum absolute atomic E-state index is 0.0203. The average molecular weight is 219 g/mol. The molecule has 0 saturated carbocycles. The highest BCUT2D eigenvalue weighted by atomic mass is 79.9. The highest BCUT2D eigenvalue weighted by Gasteiger charge is 2.42. The fourth-order valence-corrected chi connectivity index (χ4v) is 1.72. The van der Waals surface area contributed by atoms with Gasteiger partial charge in [0, 0.05) is 18.8 Å². The van der Waals surface area contributed by atoms with Crippen molar-refractivity contribution in [3.05, 3.63) is 10.7 Å². The summed E-state index contributed by atoms with van der Waals surface area (Å²) in [6.45, 7) is 6.21. The van der Waals surface area contributed by atoms with Crippen LogP contribution in [0.25, 0.3) is 0 Å². The molecule has 11 heavy (non-hydrogen) atoms. The van der Waals surface area contributed by atoms with Crippen LogP contribution in [0.1, 0.15) is 20.8 Å². The number of rotatable bonds is 0. The van der Waals surface area contributed by atoms with Gasteiger partial charge in [-0.25, -0.2) is 0 Å². The van der Waals surface area contributed by atoms with E-state index < -0.39 is 0 Å². The second kappa shape index (κ2) is 2.63. The number of likely N-dealkylation sites (N-methyl/N-ethyl adjacent to an activating group) is 1. The summed E-state index contributed by atoms with van der Waals surface area (Å²) >= 11 is 3.28. The molecule has 0 spiro atoms. The Morgan fingerprint density at radius 1 is 1.55 bits per heavy atom. The lowest BCUT2D eigenvalue weighted by Gasteiger charge is -2.11. The van der Waals surface area contributed by atoms with E-state index in [1.807, 2.05) is 19.0 Å². The fourth-order valence-electron chi connectivity index (χ4n) is 1.07. The Labute approximate surface area is 75.7 Å². The van der Waals surface area contributed by atoms with Crippen molar-refractivity contribution in [2.75, 3.05) is 7.05 Å². The quantitative estimate of drug-likeness (QED) is 0.568. The number of hydrogen-bond donors (Lipinski definition) is 0. The van der Waals surface area contributed by atoms with E-state index >= 15 is 0 Å². The summed E-state index contributed by atoms with van der Waals surface area (Å²) in [5.41, 5.74) is -0.0203. The molecule has 1 rings (SSSR count). The third kappa shape index (κ3) is 1.22. The first-order valence-corrected chi connectivity index (χ1v) is 4.48. The van der Waals surface area contributed by atoms with E-state index in [0.29, 0.717) is 0 Å². The number of nitrogens with zero attached hydrogens (tertiary/aromatic N) is 1. The molecule has 3 heteroatoms. The lowest BCUT2D eigenvalue weighted by Crippen LogP contribution is -2.31. The Balaban J connectivity index is 3.08. The summed E-state index contributed by atoms with van der Waals surface area (Å²) in [6, 6.07) is 0. The Bertz CT molecular complexity index is 240. The van der Waals surface area contributed by atoms with Gasteiger partial charge in [-0.15, -0.1) is 0 Å². The first-order chi connectivity index (χ1) is 5.00. The van der Waals surface area contributed by atoms with E-state index in [0.717, 1.165) is 11.7 Å². The lowest BCUT2D eigenvalue weighted by atomic mass is 10.0. The normalized spacial score (nSPS) is 26.1. The van der Waals surface area contributed by atoms with E-state index in [1.165, 1.54) is 0 Å². The predicted molar refractivity (Wildman–Crippen MR) is 49.0 cm³/mol. The second-order valence-corrected chi connectivity index (χ2v) is 3.67. The Morgan fingerprint density at radius 3 is 2.27 bits per heavy atom. The van der Waals surface area contributed by atoms with Crippen LogP contribution in [0.5, 0.6) is 0 Å². The molecule has 0 saturated heterocycles. The van der Waals surface area contributed by atoms with Crippen molar-refractivity contribution < 1.29 is 9.31 Å². The number of halogens is 1. The second-order valence-electron chi connectivity index (χ2n) is 3.21. The zero-order chi connectivity index (χ0) is 8.65. The van der Waals surface area contributed by atoms with Gasteiger partial charge in [0.05, 0.1) is 6.92 Å². The molecule has 0 aromatic heterocycles. The SMILES string of the molecule is CC1=[N+](C)C(C)(C)/C(=C/Br)O1. The molecule has 0 bridgehead atoms. The average Bonchev–Trinajstić information content (AvgIpc) is 2.13. The topological polar surface area (TPSA) is 12.2 Å². The minimum atomic E-state index is -0.0203. The first-order valence-electron chi connectivity index (χ1n) is 3.56. The fraction of sp³-hybridized carbons (Fsp3) is 0.625. The van der Waals surface area contributed by atoms with E-state index in [9.17, 15) is 0 Å². The van der Waals surface area contributed by atoms with E-state index in [-0.39, 0.29) is 5.54 Å². The molecule has 0 aliphatic carbocycles. The molecular formula is C8H13BrNO+. The molecule has 0 N–H and O–H groups in total. The maximum atomic E-state index is 5.49. The molecule has 0 amide bonds. The maximum Gasteiger partial charge on any atom is 0.339 e. The van der Waals surface area contributed by atoms with Crippen molar-refractivity contribution in [2.24, 2.45) is 0 Å². The molecule has 0 aromatic carbocycles. The summed E-state index contributed by atoms with van der Waals surface area (Å²) < 4.78 is 7.61. The van der Waals surface area contributed by atoms with E-state index in [1.54, 1.807) is 0 Å². The third-order valence-corrected chi connectivity index (χ3v) is 2.69. The summed E-state index contributed by atoms with van der Waals surface area (Å²) in [6.07, 6.45) is 0. The zero-order valence-corrected chi connectivity index (χ0v) is 8.90. The molecule has 0 unspecified atom stereocenters. The third-order valence-electron chi connectivity index (χ3n) is 2.27. The van der Waals surface area contributed by atoms with Gasteiger partial charge in [-0.05, 0) is 0 Å². The molecule has 1 aliphatic heterocycles. The Morgan fingerprint density at radius 2 is 2.09 bits per heavy atom. The van der Waals surface area contributed by atoms with Crippen LogP contribution in [0.15, 0.2) is 10.7 Å². The molecule has 0 radical (unpaired) electrons. The van der Waals surface area contributed by atoms with Crippen LogP contribution in [-0.4, -0.2) is 23.1 Å². The highest BCUT2D eigenvalue weighted by molar-refractivity contribution is 9.11. The molecule has 0 atom stereocenters. The largest absolute Gasteiger partial charge is 0.405 e. The van der Waals surface area contributed by atoms with Gasteiger partial charge in [0.2, 0.25) is 5.54 Å². The van der Waals surface area contributed by atoms with Crippen LogP contribution in [0.3, 0.4) is 0 Å². The van der Waals surface area contributed by atoms with Gasteiger partial charge in [-0.3, -0.25) is 0 Å². The summed E-state index contributed by atoms with van der Waals surface area (Å²) in [5.74, 6) is 1.90. The Hall–Kier alpha value is -0.310. The van der Waals surface area contributed by atoms with Gasteiger partial charge in [0.25, 0.3) is 0 Å². The van der Waals surface area contributed by atoms with E-state index in [2.05, 4.69) is 34.4 Å². The van der Waals surface area contributed by atoms with Crippen molar-refractivity contribution in [1.82, 2.24) is 0 Å². The molecule has 0 aromatic rings. The van der Waals surface area contributed by atoms with Gasteiger partial charge < -0.3 is 4.74 Å². The number of hydrogen-bond acceptors (Lipinski definition) is 1. The predicted octanol–water partition coefficient (Wildman–Crippen LogP) is 2.09. The molecule has 1 heterocycles. The molecule has 62 valence electrons. The van der Waals surface area contributed by atoms with Crippen molar-refractivity contribution in [1.29, 1.82) is 0 Å². The van der Waals surface area contributed by atoms with Crippen LogP contribution < -0.4 is 0 Å². The van der Waals surface area contributed by atoms with Crippen LogP contribution in [0.4, 0.5) is 0 Å². The summed E-state index contributed by atoms with van der Waals surface area (Å²) in [5, 5.41) is 0. The van der Waals surface area contributed by atoms with Gasteiger partial charge in [0.1, 0.15) is 7.05 Å². The summed E-state index contributed by atoms with van der Waals surface area (Å²) in [4.78, 5) is 1.83. The standard InChI is InChI=1S/C8H13BrNO/c1-6-10(4)8(2,3)7(5-9)11-6/h5H,1-4H3/q+1/b7-5-. The maximum absolute atomic E-state index is 5.49. The summed E-state index contributed by atoms with van der Waals surface area (Å²) in [7, 11) is 2.03. The van der Waals surface area contributed by atoms with Crippen molar-refractivity contribution in [3.63, 3.8) is 0 Å².